The van der Waals surface area contributed by atoms with E-state index >= 15 is 0 Å². The Morgan fingerprint density at radius 2 is 1.02 bits per heavy atom. The van der Waals surface area contributed by atoms with Crippen LogP contribution in [0.1, 0.15) is 62.5 Å². The third-order valence-corrected chi connectivity index (χ3v) is 10.2. The van der Waals surface area contributed by atoms with Gasteiger partial charge in [-0.2, -0.15) is 0 Å². The quantitative estimate of drug-likeness (QED) is 0.339. The molecule has 0 radical (unpaired) electrons. The van der Waals surface area contributed by atoms with E-state index in [1.807, 2.05) is 0 Å². The predicted molar refractivity (Wildman–Crippen MR) is 185 cm³/mol. The lowest BCUT2D eigenvalue weighted by Gasteiger charge is -2.44. The molecule has 3 saturated carbocycles. The smallest absolute Gasteiger partial charge is 0.0240 e. The van der Waals surface area contributed by atoms with Crippen molar-refractivity contribution in [1.82, 2.24) is 24.9 Å². The molecule has 3 aliphatic carbocycles. The zero-order valence-corrected chi connectivity index (χ0v) is 28.0. The summed E-state index contributed by atoms with van der Waals surface area (Å²) in [7, 11) is 0. The zero-order valence-electron chi connectivity index (χ0n) is 26.3. The normalized spacial score (nSPS) is 25.2. The van der Waals surface area contributed by atoms with Crippen molar-refractivity contribution in [2.75, 3.05) is 65.4 Å². The third kappa shape index (κ3) is 11.6. The van der Waals surface area contributed by atoms with Crippen molar-refractivity contribution in [2.24, 2.45) is 11.8 Å². The molecule has 2 aliphatic heterocycles. The summed E-state index contributed by atoms with van der Waals surface area (Å²) >= 11 is 0. The van der Waals surface area contributed by atoms with Gasteiger partial charge in [-0.25, -0.2) is 0 Å². The second kappa shape index (κ2) is 18.1. The predicted octanol–water partition coefficient (Wildman–Crippen LogP) is 6.17. The molecule has 0 bridgehead atoms. The van der Waals surface area contributed by atoms with Gasteiger partial charge >= 0.3 is 0 Å². The maximum atomic E-state index is 3.37. The lowest BCUT2D eigenvalue weighted by atomic mass is 9.88. The average Bonchev–Trinajstić information content (AvgIpc) is 3.98. The molecule has 0 aromatic heterocycles. The Balaban J connectivity index is 0.000000299. The molecule has 0 amide bonds. The molecular formula is C36H57Cl2N5. The van der Waals surface area contributed by atoms with Gasteiger partial charge in [0.25, 0.3) is 0 Å². The summed E-state index contributed by atoms with van der Waals surface area (Å²) in [5, 5.41) is 3.37. The first kappa shape index (κ1) is 34.7. The van der Waals surface area contributed by atoms with E-state index in [1.165, 1.54) is 128 Å². The van der Waals surface area contributed by atoms with Crippen LogP contribution in [0, 0.1) is 11.8 Å². The summed E-state index contributed by atoms with van der Waals surface area (Å²) in [6.07, 6.45) is 11.4. The van der Waals surface area contributed by atoms with Gasteiger partial charge in [-0.1, -0.05) is 60.7 Å². The molecule has 1 N–H and O–H groups in total. The number of nitrogens with zero attached hydrogens (tertiary/aromatic N) is 4. The molecule has 2 aromatic carbocycles. The van der Waals surface area contributed by atoms with Crippen LogP contribution in [0.15, 0.2) is 60.7 Å². The van der Waals surface area contributed by atoms with Gasteiger partial charge in [0.1, 0.15) is 0 Å². The first-order chi connectivity index (χ1) is 20.3. The fraction of sp³-hybridized carbons (Fsp3) is 0.667. The highest BCUT2D eigenvalue weighted by Gasteiger charge is 2.32. The fourth-order valence-electron chi connectivity index (χ4n) is 7.27. The Morgan fingerprint density at radius 3 is 1.49 bits per heavy atom. The van der Waals surface area contributed by atoms with Crippen molar-refractivity contribution in [1.29, 1.82) is 0 Å². The van der Waals surface area contributed by atoms with Crippen LogP contribution in [0.5, 0.6) is 0 Å². The Hall–Kier alpha value is -1.18. The van der Waals surface area contributed by atoms with E-state index in [2.05, 4.69) is 85.6 Å². The van der Waals surface area contributed by atoms with Crippen LogP contribution in [0.2, 0.25) is 0 Å². The minimum atomic E-state index is 0. The molecule has 2 aromatic rings. The molecule has 240 valence electrons. The highest BCUT2D eigenvalue weighted by Crippen LogP contribution is 2.32. The summed E-state index contributed by atoms with van der Waals surface area (Å²) in [4.78, 5) is 10.9. The number of benzene rings is 2. The van der Waals surface area contributed by atoms with Crippen LogP contribution in [0.4, 0.5) is 0 Å². The van der Waals surface area contributed by atoms with Crippen LogP contribution >= 0.6 is 24.8 Å². The number of piperazine rings is 2. The summed E-state index contributed by atoms with van der Waals surface area (Å²) < 4.78 is 0. The minimum Gasteiger partial charge on any atom is -0.314 e. The van der Waals surface area contributed by atoms with Crippen LogP contribution < -0.4 is 5.32 Å². The first-order valence-electron chi connectivity index (χ1n) is 17.0. The van der Waals surface area contributed by atoms with E-state index < -0.39 is 0 Å². The van der Waals surface area contributed by atoms with Crippen molar-refractivity contribution in [3.8, 4) is 0 Å². The summed E-state index contributed by atoms with van der Waals surface area (Å²) in [6.45, 7) is 15.0. The van der Waals surface area contributed by atoms with E-state index in [4.69, 9.17) is 0 Å². The third-order valence-electron chi connectivity index (χ3n) is 10.2. The molecular weight excluding hydrogens is 573 g/mol. The molecule has 5 aliphatic rings. The van der Waals surface area contributed by atoms with E-state index in [0.717, 1.165) is 31.0 Å². The van der Waals surface area contributed by atoms with Gasteiger partial charge in [-0.3, -0.25) is 9.80 Å². The van der Waals surface area contributed by atoms with Crippen LogP contribution in [-0.2, 0) is 13.1 Å². The van der Waals surface area contributed by atoms with Crippen molar-refractivity contribution < 1.29 is 0 Å². The van der Waals surface area contributed by atoms with Crippen molar-refractivity contribution in [3.63, 3.8) is 0 Å². The molecule has 5 nitrogen and oxygen atoms in total. The van der Waals surface area contributed by atoms with E-state index in [1.54, 1.807) is 0 Å². The molecule has 2 heterocycles. The molecule has 7 rings (SSSR count). The molecule has 5 fully saturated rings. The standard InChI is InChI=1S/C28H39N3.C8H16N2.2ClH/c1-3-7-24(8-4-1)22-31(23-25-9-5-2-6-10-25)28-15-13-27(14-16-28)30-19-17-29(18-20-30)21-26-11-12-26;1-2-8(1)7-10-5-3-9-4-6-10;;/h1-10,26-28H,11-23H2;8-9H,1-7H2;2*1H. The van der Waals surface area contributed by atoms with E-state index in [9.17, 15) is 0 Å². The molecule has 7 heteroatoms. The number of hydrogen-bond acceptors (Lipinski definition) is 5. The second-order valence-electron chi connectivity index (χ2n) is 13.6. The van der Waals surface area contributed by atoms with Crippen molar-refractivity contribution in [2.45, 2.75) is 76.5 Å². The monoisotopic (exact) mass is 629 g/mol. The summed E-state index contributed by atoms with van der Waals surface area (Å²) in [5.41, 5.74) is 2.87. The molecule has 43 heavy (non-hydrogen) atoms. The Bertz CT molecular complexity index is 955. The van der Waals surface area contributed by atoms with Crippen LogP contribution in [0.25, 0.3) is 0 Å². The summed E-state index contributed by atoms with van der Waals surface area (Å²) in [6, 6.07) is 23.6. The minimum absolute atomic E-state index is 0. The topological polar surface area (TPSA) is 25.0 Å². The Labute approximate surface area is 274 Å². The maximum absolute atomic E-state index is 3.37. The number of halogens is 2. The molecule has 0 atom stereocenters. The average molecular weight is 631 g/mol. The van der Waals surface area contributed by atoms with Crippen LogP contribution in [0.3, 0.4) is 0 Å². The van der Waals surface area contributed by atoms with Gasteiger partial charge in [0.15, 0.2) is 0 Å². The number of hydrogen-bond donors (Lipinski definition) is 1. The highest BCUT2D eigenvalue weighted by molar-refractivity contribution is 5.85. The van der Waals surface area contributed by atoms with E-state index in [-0.39, 0.29) is 24.8 Å². The molecule has 0 spiro atoms. The van der Waals surface area contributed by atoms with Gasteiger partial charge in [-0.15, -0.1) is 24.8 Å². The van der Waals surface area contributed by atoms with Crippen LogP contribution in [-0.4, -0.2) is 97.1 Å². The SMILES string of the molecule is C1CN(CC2CC2)CCN1.Cl.Cl.c1ccc(CN(Cc2ccccc2)C2CCC(N3CCN(CC4CC4)CC3)CC2)cc1. The molecule has 0 unspecified atom stereocenters. The van der Waals surface area contributed by atoms with Gasteiger partial charge in [0.05, 0.1) is 0 Å². The zero-order chi connectivity index (χ0) is 27.7. The first-order valence-corrected chi connectivity index (χ1v) is 17.0. The second-order valence-corrected chi connectivity index (χ2v) is 13.6. The lowest BCUT2D eigenvalue weighted by Crippen LogP contribution is -2.52. The van der Waals surface area contributed by atoms with Crippen molar-refractivity contribution in [3.05, 3.63) is 71.8 Å². The number of rotatable bonds is 10. The fourth-order valence-corrected chi connectivity index (χ4v) is 7.27. The van der Waals surface area contributed by atoms with E-state index in [0.29, 0.717) is 6.04 Å². The van der Waals surface area contributed by atoms with Gasteiger partial charge < -0.3 is 15.1 Å². The van der Waals surface area contributed by atoms with Crippen molar-refractivity contribution >= 4 is 24.8 Å². The summed E-state index contributed by atoms with van der Waals surface area (Å²) in [5.74, 6) is 2.10. The Morgan fingerprint density at radius 1 is 0.558 bits per heavy atom. The van der Waals surface area contributed by atoms with Gasteiger partial charge in [0.2, 0.25) is 0 Å². The number of nitrogens with one attached hydrogen (secondary N) is 1. The maximum Gasteiger partial charge on any atom is 0.0240 e. The largest absolute Gasteiger partial charge is 0.314 e. The van der Waals surface area contributed by atoms with Gasteiger partial charge in [0, 0.05) is 90.6 Å². The lowest BCUT2D eigenvalue weighted by molar-refractivity contribution is 0.0509. The van der Waals surface area contributed by atoms with Gasteiger partial charge in [-0.05, 0) is 74.3 Å². The molecule has 2 saturated heterocycles. The Kier molecular flexibility index (Phi) is 14.6. The highest BCUT2D eigenvalue weighted by atomic mass is 35.5.